The Kier molecular flexibility index (Phi) is 6.63. The molecule has 0 spiro atoms. The van der Waals surface area contributed by atoms with Gasteiger partial charge < -0.3 is 15.2 Å². The van der Waals surface area contributed by atoms with Gasteiger partial charge in [0.15, 0.2) is 5.12 Å². The molecule has 2 aromatic rings. The number of nitrogens with one attached hydrogen (secondary N) is 1. The van der Waals surface area contributed by atoms with Crippen LogP contribution in [-0.2, 0) is 16.0 Å². The minimum atomic E-state index is -1.08. The summed E-state index contributed by atoms with van der Waals surface area (Å²) >= 11 is 0.946. The topological polar surface area (TPSA) is 92.7 Å². The van der Waals surface area contributed by atoms with Crippen molar-refractivity contribution in [3.63, 3.8) is 0 Å². The Morgan fingerprint density at radius 3 is 2.37 bits per heavy atom. The lowest BCUT2D eigenvalue weighted by Gasteiger charge is -2.27. The van der Waals surface area contributed by atoms with Crippen LogP contribution in [0.25, 0.3) is 0 Å². The van der Waals surface area contributed by atoms with Gasteiger partial charge in [-0.3, -0.25) is 9.59 Å². The van der Waals surface area contributed by atoms with Crippen LogP contribution in [0.15, 0.2) is 48.5 Å². The van der Waals surface area contributed by atoms with Crippen molar-refractivity contribution in [3.8, 4) is 5.75 Å². The fourth-order valence-corrected chi connectivity index (χ4v) is 3.62. The second-order valence-corrected chi connectivity index (χ2v) is 7.87. The molecule has 27 heavy (non-hydrogen) atoms. The summed E-state index contributed by atoms with van der Waals surface area (Å²) in [5, 5.41) is 11.6. The number of ether oxygens (including phenoxy) is 1. The molecule has 0 aliphatic rings. The third kappa shape index (κ3) is 5.59. The molecule has 0 aromatic heterocycles. The van der Waals surface area contributed by atoms with E-state index in [1.807, 2.05) is 12.1 Å². The summed E-state index contributed by atoms with van der Waals surface area (Å²) < 4.78 is 4.08. The number of carboxylic acids is 1. The van der Waals surface area contributed by atoms with Gasteiger partial charge in [-0.25, -0.2) is 4.79 Å². The van der Waals surface area contributed by atoms with Crippen LogP contribution < -0.4 is 10.1 Å². The van der Waals surface area contributed by atoms with Gasteiger partial charge in [0.05, 0.1) is 12.7 Å². The normalized spacial score (nSPS) is 12.7. The van der Waals surface area contributed by atoms with E-state index in [4.69, 9.17) is 9.84 Å². The molecule has 1 atom stereocenters. The van der Waals surface area contributed by atoms with Gasteiger partial charge in [-0.05, 0) is 49.2 Å². The average Bonchev–Trinajstić information content (AvgIpc) is 2.61. The highest BCUT2D eigenvalue weighted by Crippen LogP contribution is 2.32. The quantitative estimate of drug-likeness (QED) is 0.754. The molecule has 0 aliphatic heterocycles. The molecule has 0 saturated heterocycles. The number of rotatable bonds is 7. The lowest BCUT2D eigenvalue weighted by Crippen LogP contribution is -2.40. The molecule has 0 fully saturated rings. The molecule has 0 saturated carbocycles. The summed E-state index contributed by atoms with van der Waals surface area (Å²) in [5.41, 5.74) is 1.32. The van der Waals surface area contributed by atoms with E-state index >= 15 is 0 Å². The van der Waals surface area contributed by atoms with Crippen molar-refractivity contribution in [1.82, 2.24) is 0 Å². The Morgan fingerprint density at radius 2 is 1.81 bits per heavy atom. The van der Waals surface area contributed by atoms with Crippen LogP contribution in [0.4, 0.5) is 5.69 Å². The van der Waals surface area contributed by atoms with E-state index in [1.165, 1.54) is 19.1 Å². The number of carbonyl (C=O) groups is 3. The Bertz CT molecular complexity index is 850. The number of aromatic carboxylic acids is 1. The number of carboxylic acid groups (broad SMARTS) is 1. The third-order valence-electron chi connectivity index (χ3n) is 3.92. The van der Waals surface area contributed by atoms with E-state index in [0.29, 0.717) is 17.9 Å². The average molecular weight is 387 g/mol. The predicted molar refractivity (Wildman–Crippen MR) is 105 cm³/mol. The number of benzene rings is 2. The van der Waals surface area contributed by atoms with Gasteiger partial charge in [0.2, 0.25) is 5.91 Å². The first-order chi connectivity index (χ1) is 12.7. The second-order valence-electron chi connectivity index (χ2n) is 6.19. The molecule has 0 radical (unpaired) electrons. The third-order valence-corrected chi connectivity index (χ3v) is 4.98. The number of hydrogen-bond acceptors (Lipinski definition) is 5. The molecule has 0 aliphatic carbocycles. The van der Waals surface area contributed by atoms with E-state index in [0.717, 1.165) is 17.3 Å². The summed E-state index contributed by atoms with van der Waals surface area (Å²) in [6.45, 7) is 3.11. The van der Waals surface area contributed by atoms with Gasteiger partial charge in [0, 0.05) is 12.6 Å². The Balaban J connectivity index is 2.24. The lowest BCUT2D eigenvalue weighted by molar-refractivity contribution is -0.118. The molecule has 1 unspecified atom stereocenters. The zero-order chi connectivity index (χ0) is 20.0. The zero-order valence-electron chi connectivity index (χ0n) is 15.3. The maximum absolute atomic E-state index is 12.9. The summed E-state index contributed by atoms with van der Waals surface area (Å²) in [5.74, 6) is -0.749. The zero-order valence-corrected chi connectivity index (χ0v) is 16.1. The van der Waals surface area contributed by atoms with Crippen LogP contribution in [-0.4, -0.2) is 34.0 Å². The number of hydrogen-bond donors (Lipinski definition) is 2. The van der Waals surface area contributed by atoms with Gasteiger partial charge in [0.25, 0.3) is 0 Å². The second kappa shape index (κ2) is 8.73. The lowest BCUT2D eigenvalue weighted by atomic mass is 9.99. The first-order valence-electron chi connectivity index (χ1n) is 8.21. The molecular weight excluding hydrogens is 366 g/mol. The van der Waals surface area contributed by atoms with Crippen molar-refractivity contribution in [2.75, 3.05) is 12.4 Å². The predicted octanol–water partition coefficient (Wildman–Crippen LogP) is 3.61. The van der Waals surface area contributed by atoms with Crippen molar-refractivity contribution in [2.45, 2.75) is 25.0 Å². The smallest absolute Gasteiger partial charge is 0.335 e. The van der Waals surface area contributed by atoms with E-state index in [-0.39, 0.29) is 16.6 Å². The molecule has 2 aromatic carbocycles. The molecule has 7 heteroatoms. The SMILES string of the molecule is COc1ccc(CC(C)(SC(C)=O)C(=O)Nc2cccc(C(=O)O)c2)cc1. The molecule has 2 rings (SSSR count). The first-order valence-corrected chi connectivity index (χ1v) is 9.02. The minimum absolute atomic E-state index is 0.0730. The molecule has 2 N–H and O–H groups in total. The fourth-order valence-electron chi connectivity index (χ4n) is 2.61. The number of methoxy groups -OCH3 is 1. The van der Waals surface area contributed by atoms with Crippen molar-refractivity contribution in [2.24, 2.45) is 0 Å². The summed E-state index contributed by atoms with van der Waals surface area (Å²) in [6.07, 6.45) is 0.325. The van der Waals surface area contributed by atoms with Gasteiger partial charge in [-0.2, -0.15) is 0 Å². The molecule has 0 heterocycles. The summed E-state index contributed by atoms with van der Waals surface area (Å²) in [7, 11) is 1.57. The van der Waals surface area contributed by atoms with Gasteiger partial charge in [-0.15, -0.1) is 0 Å². The van der Waals surface area contributed by atoms with Crippen LogP contribution in [0, 0.1) is 0 Å². The highest BCUT2D eigenvalue weighted by molar-refractivity contribution is 8.15. The number of carbonyl (C=O) groups excluding carboxylic acids is 2. The van der Waals surface area contributed by atoms with E-state index < -0.39 is 10.7 Å². The molecular formula is C20H21NO5S. The van der Waals surface area contributed by atoms with Gasteiger partial charge in [0.1, 0.15) is 10.5 Å². The van der Waals surface area contributed by atoms with E-state index in [9.17, 15) is 14.4 Å². The molecule has 6 nitrogen and oxygen atoms in total. The van der Waals surface area contributed by atoms with Crippen LogP contribution in [0.1, 0.15) is 29.8 Å². The molecule has 1 amide bonds. The van der Waals surface area contributed by atoms with Crippen molar-refractivity contribution in [1.29, 1.82) is 0 Å². The maximum Gasteiger partial charge on any atom is 0.335 e. The largest absolute Gasteiger partial charge is 0.497 e. The van der Waals surface area contributed by atoms with Gasteiger partial charge >= 0.3 is 5.97 Å². The summed E-state index contributed by atoms with van der Waals surface area (Å²) in [4.78, 5) is 35.8. The van der Waals surface area contributed by atoms with Crippen LogP contribution in [0.2, 0.25) is 0 Å². The number of amides is 1. The number of thioether (sulfide) groups is 1. The Hall–Kier alpha value is -2.80. The van der Waals surface area contributed by atoms with Crippen molar-refractivity contribution in [3.05, 3.63) is 59.7 Å². The number of anilines is 1. The molecule has 142 valence electrons. The molecule has 0 bridgehead atoms. The standard InChI is InChI=1S/C20H21NO5S/c1-13(22)27-20(2,12-14-7-9-17(26-3)10-8-14)19(25)21-16-6-4-5-15(11-16)18(23)24/h4-11H,12H2,1-3H3,(H,21,25)(H,23,24). The monoisotopic (exact) mass is 387 g/mol. The van der Waals surface area contributed by atoms with E-state index in [1.54, 1.807) is 38.3 Å². The van der Waals surface area contributed by atoms with Gasteiger partial charge in [-0.1, -0.05) is 30.0 Å². The first kappa shape index (κ1) is 20.5. The van der Waals surface area contributed by atoms with Crippen molar-refractivity contribution >= 4 is 34.4 Å². The fraction of sp³-hybridized carbons (Fsp3) is 0.250. The highest BCUT2D eigenvalue weighted by Gasteiger charge is 2.36. The Morgan fingerprint density at radius 1 is 1.15 bits per heavy atom. The van der Waals surface area contributed by atoms with Crippen LogP contribution in [0.3, 0.4) is 0 Å². The minimum Gasteiger partial charge on any atom is -0.497 e. The van der Waals surface area contributed by atoms with Crippen LogP contribution in [0.5, 0.6) is 5.75 Å². The Labute approximate surface area is 161 Å². The highest BCUT2D eigenvalue weighted by atomic mass is 32.2. The van der Waals surface area contributed by atoms with Crippen LogP contribution >= 0.6 is 11.8 Å². The maximum atomic E-state index is 12.9. The van der Waals surface area contributed by atoms with Crippen molar-refractivity contribution < 1.29 is 24.2 Å². The van der Waals surface area contributed by atoms with E-state index in [2.05, 4.69) is 5.32 Å². The summed E-state index contributed by atoms with van der Waals surface area (Å²) in [6, 6.07) is 13.3.